The maximum absolute atomic E-state index is 13.1. The van der Waals surface area contributed by atoms with Crippen molar-refractivity contribution in [2.24, 2.45) is 11.8 Å². The summed E-state index contributed by atoms with van der Waals surface area (Å²) in [7, 11) is 0. The topological polar surface area (TPSA) is 91.6 Å². The van der Waals surface area contributed by atoms with Crippen LogP contribution < -0.4 is 10.7 Å². The zero-order valence-corrected chi connectivity index (χ0v) is 16.2. The molecule has 1 saturated heterocycles. The van der Waals surface area contributed by atoms with Crippen LogP contribution in [0.2, 0.25) is 0 Å². The lowest BCUT2D eigenvalue weighted by atomic mass is 9.92. The van der Waals surface area contributed by atoms with E-state index in [9.17, 15) is 19.5 Å². The summed E-state index contributed by atoms with van der Waals surface area (Å²) >= 11 is 0. The Labute approximate surface area is 168 Å². The first-order valence-corrected chi connectivity index (χ1v) is 10.1. The summed E-state index contributed by atoms with van der Waals surface area (Å²) < 4.78 is 1.60. The molecule has 7 heteroatoms. The number of fused-ring (bicyclic) bond motifs is 6. The highest BCUT2D eigenvalue weighted by Crippen LogP contribution is 2.49. The maximum Gasteiger partial charge on any atom is 0.275 e. The van der Waals surface area contributed by atoms with Gasteiger partial charge in [-0.25, -0.2) is 0 Å². The molecule has 2 aliphatic heterocycles. The highest BCUT2D eigenvalue weighted by Gasteiger charge is 2.55. The molecule has 29 heavy (non-hydrogen) atoms. The fourth-order valence-corrected chi connectivity index (χ4v) is 5.46. The average molecular weight is 393 g/mol. The summed E-state index contributed by atoms with van der Waals surface area (Å²) in [4.78, 5) is 40.3. The minimum absolute atomic E-state index is 0.00519. The molecule has 2 N–H and O–H groups in total. The predicted octanol–water partition coefficient (Wildman–Crippen LogP) is 1.74. The van der Waals surface area contributed by atoms with Crippen molar-refractivity contribution in [3.63, 3.8) is 0 Å². The summed E-state index contributed by atoms with van der Waals surface area (Å²) in [5.74, 6) is -0.640. The number of hydrogen-bond acceptors (Lipinski definition) is 4. The first-order valence-electron chi connectivity index (χ1n) is 10.1. The Kier molecular flexibility index (Phi) is 4.01. The van der Waals surface area contributed by atoms with Gasteiger partial charge in [-0.05, 0) is 30.2 Å². The summed E-state index contributed by atoms with van der Waals surface area (Å²) in [6.45, 7) is 2.95. The number of carbonyl (C=O) groups excluding carboxylic acids is 2. The van der Waals surface area contributed by atoms with Crippen LogP contribution in [0.15, 0.2) is 41.3 Å². The van der Waals surface area contributed by atoms with Gasteiger partial charge in [0.1, 0.15) is 5.56 Å². The number of benzene rings is 1. The van der Waals surface area contributed by atoms with Gasteiger partial charge >= 0.3 is 0 Å². The minimum atomic E-state index is -0.800. The van der Waals surface area contributed by atoms with Crippen molar-refractivity contribution in [1.29, 1.82) is 0 Å². The number of hydrogen-bond donors (Lipinski definition) is 2. The third-order valence-corrected chi connectivity index (χ3v) is 6.90. The quantitative estimate of drug-likeness (QED) is 0.831. The number of rotatable bonds is 3. The van der Waals surface area contributed by atoms with E-state index < -0.39 is 17.1 Å². The molecule has 3 heterocycles. The number of nitrogens with zero attached hydrogens (tertiary/aromatic N) is 2. The highest BCUT2D eigenvalue weighted by atomic mass is 16.3. The third-order valence-electron chi connectivity index (χ3n) is 6.90. The van der Waals surface area contributed by atoms with Crippen LogP contribution in [0.25, 0.3) is 0 Å². The monoisotopic (exact) mass is 393 g/mol. The van der Waals surface area contributed by atoms with E-state index >= 15 is 0 Å². The molecule has 1 aromatic carbocycles. The lowest BCUT2D eigenvalue weighted by Crippen LogP contribution is -2.52. The van der Waals surface area contributed by atoms with Gasteiger partial charge in [0.25, 0.3) is 11.8 Å². The Balaban J connectivity index is 1.47. The molecule has 1 aromatic heterocycles. The van der Waals surface area contributed by atoms with Crippen molar-refractivity contribution in [3.05, 3.63) is 63.6 Å². The summed E-state index contributed by atoms with van der Waals surface area (Å²) in [5.41, 5.74) is -0.0267. The fourth-order valence-electron chi connectivity index (χ4n) is 5.46. The average Bonchev–Trinajstić information content (AvgIpc) is 3.22. The Hall–Kier alpha value is -3.09. The summed E-state index contributed by atoms with van der Waals surface area (Å²) in [5, 5.41) is 13.2. The van der Waals surface area contributed by atoms with Gasteiger partial charge in [0.2, 0.25) is 5.43 Å². The Morgan fingerprint density at radius 3 is 2.69 bits per heavy atom. The molecule has 2 fully saturated rings. The molecule has 1 aliphatic carbocycles. The van der Waals surface area contributed by atoms with E-state index in [-0.39, 0.29) is 35.8 Å². The van der Waals surface area contributed by atoms with E-state index in [0.29, 0.717) is 18.4 Å². The lowest BCUT2D eigenvalue weighted by Gasteiger charge is -2.40. The van der Waals surface area contributed by atoms with Gasteiger partial charge in [0.15, 0.2) is 11.4 Å². The molecule has 4 atom stereocenters. The van der Waals surface area contributed by atoms with E-state index in [4.69, 9.17) is 0 Å². The van der Waals surface area contributed by atoms with E-state index in [1.807, 2.05) is 35.2 Å². The first-order chi connectivity index (χ1) is 14.0. The molecule has 0 unspecified atom stereocenters. The number of aromatic nitrogens is 1. The van der Waals surface area contributed by atoms with Gasteiger partial charge in [-0.3, -0.25) is 14.4 Å². The smallest absolute Gasteiger partial charge is 0.275 e. The Morgan fingerprint density at radius 1 is 1.17 bits per heavy atom. The van der Waals surface area contributed by atoms with Gasteiger partial charge in [0, 0.05) is 25.3 Å². The molecular formula is C22H23N3O4. The molecule has 1 saturated carbocycles. The highest BCUT2D eigenvalue weighted by molar-refractivity contribution is 5.99. The van der Waals surface area contributed by atoms with Crippen LogP contribution in [-0.2, 0) is 13.1 Å². The molecule has 2 aromatic rings. The van der Waals surface area contributed by atoms with E-state index in [1.54, 1.807) is 4.57 Å². The second kappa shape index (κ2) is 6.47. The van der Waals surface area contributed by atoms with Crippen LogP contribution in [-0.4, -0.2) is 38.5 Å². The number of nitrogens with one attached hydrogen (secondary N) is 1. The molecule has 2 amide bonds. The number of piperidine rings is 1. The van der Waals surface area contributed by atoms with E-state index in [1.165, 1.54) is 6.20 Å². The van der Waals surface area contributed by atoms with Crippen LogP contribution in [0.1, 0.15) is 46.2 Å². The minimum Gasteiger partial charge on any atom is -0.503 e. The van der Waals surface area contributed by atoms with Crippen LogP contribution in [0.4, 0.5) is 0 Å². The van der Waals surface area contributed by atoms with Gasteiger partial charge < -0.3 is 19.9 Å². The van der Waals surface area contributed by atoms with Crippen LogP contribution >= 0.6 is 0 Å². The van der Waals surface area contributed by atoms with Crippen LogP contribution in [0.5, 0.6) is 5.75 Å². The molecule has 0 radical (unpaired) electrons. The van der Waals surface area contributed by atoms with Gasteiger partial charge in [0.05, 0.1) is 6.04 Å². The Morgan fingerprint density at radius 2 is 1.93 bits per heavy atom. The standard InChI is InChI=1S/C22H23N3O4/c1-12-14-7-8-16(12)25-17(14)11-24-10-15(19(26)20(27)18(24)22(25)29)21(28)23-9-13-5-3-2-4-6-13/h2-6,10,12,14,16-17,27H,7-9,11H2,1H3,(H,23,28)/t12-,14+,16-,17-/m0/s1. The second-order valence-electron chi connectivity index (χ2n) is 8.34. The zero-order valence-electron chi connectivity index (χ0n) is 16.2. The van der Waals surface area contributed by atoms with Gasteiger partial charge in [-0.1, -0.05) is 37.3 Å². The number of pyridine rings is 1. The predicted molar refractivity (Wildman–Crippen MR) is 106 cm³/mol. The molecule has 0 spiro atoms. The molecule has 7 nitrogen and oxygen atoms in total. The first kappa shape index (κ1) is 18.0. The van der Waals surface area contributed by atoms with E-state index in [0.717, 1.165) is 18.4 Å². The summed E-state index contributed by atoms with van der Waals surface area (Å²) in [6, 6.07) is 9.61. The third kappa shape index (κ3) is 2.60. The van der Waals surface area contributed by atoms with E-state index in [2.05, 4.69) is 12.2 Å². The van der Waals surface area contributed by atoms with Crippen molar-refractivity contribution in [1.82, 2.24) is 14.8 Å². The molecule has 5 rings (SSSR count). The molecule has 3 aliphatic rings. The van der Waals surface area contributed by atoms with Crippen molar-refractivity contribution in [2.75, 3.05) is 0 Å². The molecular weight excluding hydrogens is 370 g/mol. The number of amides is 2. The van der Waals surface area contributed by atoms with Crippen molar-refractivity contribution < 1.29 is 14.7 Å². The zero-order chi connectivity index (χ0) is 20.3. The van der Waals surface area contributed by atoms with Crippen LogP contribution in [0.3, 0.4) is 0 Å². The molecule has 2 bridgehead atoms. The normalized spacial score (nSPS) is 26.9. The SMILES string of the molecule is C[C@H]1[C@H]2CC[C@@H]1N1C(=O)c3c(O)c(=O)c(C(=O)NCc4ccccc4)cn3C[C@@H]21. The van der Waals surface area contributed by atoms with Crippen molar-refractivity contribution >= 4 is 11.8 Å². The number of carbonyl (C=O) groups is 2. The Bertz CT molecular complexity index is 1060. The number of aromatic hydroxyl groups is 1. The molecule has 150 valence electrons. The van der Waals surface area contributed by atoms with Gasteiger partial charge in [-0.15, -0.1) is 0 Å². The second-order valence-corrected chi connectivity index (χ2v) is 8.34. The largest absolute Gasteiger partial charge is 0.503 e. The van der Waals surface area contributed by atoms with Crippen molar-refractivity contribution in [2.45, 2.75) is 44.9 Å². The lowest BCUT2D eigenvalue weighted by molar-refractivity contribution is 0.0479. The summed E-state index contributed by atoms with van der Waals surface area (Å²) in [6.07, 6.45) is 3.49. The maximum atomic E-state index is 13.1. The van der Waals surface area contributed by atoms with Crippen LogP contribution in [0, 0.1) is 11.8 Å². The fraction of sp³-hybridized carbons (Fsp3) is 0.409. The van der Waals surface area contributed by atoms with Gasteiger partial charge in [-0.2, -0.15) is 0 Å². The van der Waals surface area contributed by atoms with Crippen molar-refractivity contribution in [3.8, 4) is 5.75 Å².